The summed E-state index contributed by atoms with van der Waals surface area (Å²) >= 11 is 5.89. The van der Waals surface area contributed by atoms with Crippen LogP contribution in [0.15, 0.2) is 72.8 Å². The Morgan fingerprint density at radius 1 is 0.731 bits per heavy atom. The average Bonchev–Trinajstić information content (AvgIpc) is 2.68. The summed E-state index contributed by atoms with van der Waals surface area (Å²) in [7, 11) is 0. The van der Waals surface area contributed by atoms with Gasteiger partial charge in [-0.25, -0.2) is 0 Å². The number of rotatable bonds is 8. The average molecular weight is 368 g/mol. The van der Waals surface area contributed by atoms with Crippen LogP contribution in [0.1, 0.15) is 18.1 Å². The first kappa shape index (κ1) is 18.2. The van der Waals surface area contributed by atoms with Gasteiger partial charge in [0, 0.05) is 17.3 Å². The van der Waals surface area contributed by atoms with Crippen LogP contribution in [0.4, 0.5) is 5.69 Å². The molecule has 3 nitrogen and oxygen atoms in total. The van der Waals surface area contributed by atoms with Gasteiger partial charge in [-0.05, 0) is 66.6 Å². The third kappa shape index (κ3) is 5.43. The summed E-state index contributed by atoms with van der Waals surface area (Å²) in [4.78, 5) is 0. The van der Waals surface area contributed by atoms with E-state index >= 15 is 0 Å². The molecule has 0 aliphatic rings. The fourth-order valence-corrected chi connectivity index (χ4v) is 2.62. The lowest BCUT2D eigenvalue weighted by Gasteiger charge is -2.10. The van der Waals surface area contributed by atoms with Crippen molar-refractivity contribution in [2.45, 2.75) is 20.1 Å². The summed E-state index contributed by atoms with van der Waals surface area (Å²) in [6.07, 6.45) is 0. The molecule has 0 aliphatic carbocycles. The summed E-state index contributed by atoms with van der Waals surface area (Å²) in [6, 6.07) is 23.8. The largest absolute Gasteiger partial charge is 0.494 e. The predicted octanol–water partition coefficient (Wildman–Crippen LogP) is 5.93. The van der Waals surface area contributed by atoms with E-state index in [0.717, 1.165) is 34.3 Å². The van der Waals surface area contributed by atoms with Crippen molar-refractivity contribution >= 4 is 17.3 Å². The van der Waals surface area contributed by atoms with Gasteiger partial charge in [-0.3, -0.25) is 0 Å². The Morgan fingerprint density at radius 3 is 1.96 bits per heavy atom. The van der Waals surface area contributed by atoms with Crippen LogP contribution >= 0.6 is 11.6 Å². The van der Waals surface area contributed by atoms with Crippen LogP contribution in [0.2, 0.25) is 5.02 Å². The van der Waals surface area contributed by atoms with Crippen molar-refractivity contribution in [3.05, 3.63) is 88.9 Å². The first-order chi connectivity index (χ1) is 12.7. The van der Waals surface area contributed by atoms with Gasteiger partial charge >= 0.3 is 0 Å². The molecule has 1 N–H and O–H groups in total. The molecule has 0 radical (unpaired) electrons. The van der Waals surface area contributed by atoms with E-state index in [4.69, 9.17) is 21.1 Å². The zero-order valence-electron chi connectivity index (χ0n) is 14.7. The molecule has 134 valence electrons. The lowest BCUT2D eigenvalue weighted by atomic mass is 10.2. The molecule has 0 atom stereocenters. The van der Waals surface area contributed by atoms with Gasteiger partial charge in [0.1, 0.15) is 18.1 Å². The highest BCUT2D eigenvalue weighted by atomic mass is 35.5. The van der Waals surface area contributed by atoms with E-state index in [1.807, 2.05) is 67.6 Å². The van der Waals surface area contributed by atoms with Crippen molar-refractivity contribution in [1.82, 2.24) is 0 Å². The topological polar surface area (TPSA) is 30.5 Å². The molecule has 0 saturated carbocycles. The molecule has 4 heteroatoms. The summed E-state index contributed by atoms with van der Waals surface area (Å²) in [6.45, 7) is 3.95. The van der Waals surface area contributed by atoms with Crippen LogP contribution in [0.25, 0.3) is 0 Å². The number of benzene rings is 3. The highest BCUT2D eigenvalue weighted by molar-refractivity contribution is 6.30. The molecular weight excluding hydrogens is 346 g/mol. The molecule has 0 heterocycles. The Balaban J connectivity index is 1.48. The molecule has 3 rings (SSSR count). The molecule has 0 amide bonds. The van der Waals surface area contributed by atoms with E-state index < -0.39 is 0 Å². The quantitative estimate of drug-likeness (QED) is 0.535. The second-order valence-electron chi connectivity index (χ2n) is 5.87. The van der Waals surface area contributed by atoms with Gasteiger partial charge in [-0.2, -0.15) is 0 Å². The standard InChI is InChI=1S/C22H22ClNO2/c1-2-25-21-13-9-20(10-14-21)24-15-17-5-11-22(12-6-17)26-16-18-3-7-19(23)8-4-18/h3-14,24H,2,15-16H2,1H3. The molecule has 0 aromatic heterocycles. The van der Waals surface area contributed by atoms with E-state index in [2.05, 4.69) is 17.4 Å². The zero-order valence-corrected chi connectivity index (χ0v) is 15.5. The first-order valence-electron chi connectivity index (χ1n) is 8.66. The van der Waals surface area contributed by atoms with Crippen LogP contribution in [-0.4, -0.2) is 6.61 Å². The maximum Gasteiger partial charge on any atom is 0.119 e. The molecule has 26 heavy (non-hydrogen) atoms. The summed E-state index contributed by atoms with van der Waals surface area (Å²) in [5.74, 6) is 1.74. The molecule has 0 bridgehead atoms. The number of hydrogen-bond acceptors (Lipinski definition) is 3. The molecule has 0 saturated heterocycles. The van der Waals surface area contributed by atoms with Crippen LogP contribution < -0.4 is 14.8 Å². The fourth-order valence-electron chi connectivity index (χ4n) is 2.49. The lowest BCUT2D eigenvalue weighted by molar-refractivity contribution is 0.306. The molecule has 0 aliphatic heterocycles. The third-order valence-corrected chi connectivity index (χ3v) is 4.16. The molecule has 3 aromatic carbocycles. The summed E-state index contributed by atoms with van der Waals surface area (Å²) < 4.78 is 11.3. The van der Waals surface area contributed by atoms with Gasteiger partial charge in [-0.15, -0.1) is 0 Å². The van der Waals surface area contributed by atoms with E-state index in [-0.39, 0.29) is 0 Å². The summed E-state index contributed by atoms with van der Waals surface area (Å²) in [5.41, 5.74) is 3.35. The lowest BCUT2D eigenvalue weighted by Crippen LogP contribution is -2.00. The van der Waals surface area contributed by atoms with Crippen molar-refractivity contribution in [3.63, 3.8) is 0 Å². The van der Waals surface area contributed by atoms with E-state index in [0.29, 0.717) is 13.2 Å². The van der Waals surface area contributed by atoms with Gasteiger partial charge < -0.3 is 14.8 Å². The Hall–Kier alpha value is -2.65. The fraction of sp³-hybridized carbons (Fsp3) is 0.182. The highest BCUT2D eigenvalue weighted by Crippen LogP contribution is 2.18. The minimum Gasteiger partial charge on any atom is -0.494 e. The monoisotopic (exact) mass is 367 g/mol. The van der Waals surface area contributed by atoms with Crippen LogP contribution in [-0.2, 0) is 13.2 Å². The maximum atomic E-state index is 5.89. The van der Waals surface area contributed by atoms with Crippen molar-refractivity contribution in [2.24, 2.45) is 0 Å². The van der Waals surface area contributed by atoms with E-state index in [1.165, 1.54) is 5.56 Å². The van der Waals surface area contributed by atoms with Crippen molar-refractivity contribution in [2.75, 3.05) is 11.9 Å². The van der Waals surface area contributed by atoms with Crippen LogP contribution in [0.3, 0.4) is 0 Å². The Morgan fingerprint density at radius 2 is 1.31 bits per heavy atom. The number of nitrogens with one attached hydrogen (secondary N) is 1. The zero-order chi connectivity index (χ0) is 18.2. The first-order valence-corrected chi connectivity index (χ1v) is 9.03. The van der Waals surface area contributed by atoms with E-state index in [1.54, 1.807) is 0 Å². The van der Waals surface area contributed by atoms with Crippen molar-refractivity contribution in [3.8, 4) is 11.5 Å². The highest BCUT2D eigenvalue weighted by Gasteiger charge is 1.99. The SMILES string of the molecule is CCOc1ccc(NCc2ccc(OCc3ccc(Cl)cc3)cc2)cc1. The predicted molar refractivity (Wildman–Crippen MR) is 107 cm³/mol. The molecule has 0 spiro atoms. The number of anilines is 1. The van der Waals surface area contributed by atoms with Gasteiger partial charge in [0.15, 0.2) is 0 Å². The smallest absolute Gasteiger partial charge is 0.119 e. The Bertz CT molecular complexity index is 799. The van der Waals surface area contributed by atoms with E-state index in [9.17, 15) is 0 Å². The summed E-state index contributed by atoms with van der Waals surface area (Å²) in [5, 5.41) is 4.14. The van der Waals surface area contributed by atoms with Crippen LogP contribution in [0, 0.1) is 0 Å². The normalized spacial score (nSPS) is 10.4. The molecule has 0 fully saturated rings. The van der Waals surface area contributed by atoms with Gasteiger partial charge in [0.05, 0.1) is 6.61 Å². The maximum absolute atomic E-state index is 5.89. The van der Waals surface area contributed by atoms with Crippen molar-refractivity contribution < 1.29 is 9.47 Å². The number of hydrogen-bond donors (Lipinski definition) is 1. The molecule has 0 unspecified atom stereocenters. The second kappa shape index (κ2) is 9.16. The second-order valence-corrected chi connectivity index (χ2v) is 6.31. The number of ether oxygens (including phenoxy) is 2. The van der Waals surface area contributed by atoms with Gasteiger partial charge in [0.25, 0.3) is 0 Å². The minimum atomic E-state index is 0.529. The number of halogens is 1. The third-order valence-electron chi connectivity index (χ3n) is 3.90. The van der Waals surface area contributed by atoms with Gasteiger partial charge in [0.2, 0.25) is 0 Å². The minimum absolute atomic E-state index is 0.529. The van der Waals surface area contributed by atoms with Crippen LogP contribution in [0.5, 0.6) is 11.5 Å². The molecule has 3 aromatic rings. The Labute approximate surface area is 159 Å². The van der Waals surface area contributed by atoms with Gasteiger partial charge in [-0.1, -0.05) is 35.9 Å². The molecular formula is C22H22ClNO2. The Kier molecular flexibility index (Phi) is 6.39. The van der Waals surface area contributed by atoms with Crippen molar-refractivity contribution in [1.29, 1.82) is 0 Å².